The largest absolute Gasteiger partial charge is 0.497 e. The fourth-order valence-corrected chi connectivity index (χ4v) is 4.24. The maximum absolute atomic E-state index is 5.42. The summed E-state index contributed by atoms with van der Waals surface area (Å²) in [6.07, 6.45) is 0.979. The molecule has 1 saturated heterocycles. The van der Waals surface area contributed by atoms with E-state index < -0.39 is 0 Å². The van der Waals surface area contributed by atoms with Gasteiger partial charge in [0.25, 0.3) is 0 Å². The van der Waals surface area contributed by atoms with Gasteiger partial charge < -0.3 is 24.6 Å². The van der Waals surface area contributed by atoms with Gasteiger partial charge in [0.1, 0.15) is 17.3 Å². The standard InChI is InChI=1S/C26H34N4O2/c1-4-29-13-15-30(16-14-29)26-22(17-21-7-10-24(32-3)18-25(21)28-26)19-27-12-11-20-5-8-23(31-2)9-6-20/h5-10,17-18,27H,4,11-16,19H2,1-3H3. The van der Waals surface area contributed by atoms with Crippen LogP contribution in [0.4, 0.5) is 5.82 Å². The Labute approximate surface area is 191 Å². The molecule has 1 aliphatic rings. The van der Waals surface area contributed by atoms with Crippen LogP contribution in [0.15, 0.2) is 48.5 Å². The topological polar surface area (TPSA) is 49.9 Å². The minimum atomic E-state index is 0.800. The number of likely N-dealkylation sites (N-methyl/N-ethyl adjacent to an activating group) is 1. The van der Waals surface area contributed by atoms with Crippen molar-refractivity contribution in [3.63, 3.8) is 0 Å². The summed E-state index contributed by atoms with van der Waals surface area (Å²) in [5, 5.41) is 4.78. The number of anilines is 1. The van der Waals surface area contributed by atoms with Crippen LogP contribution in [0.2, 0.25) is 0 Å². The summed E-state index contributed by atoms with van der Waals surface area (Å²) in [6.45, 7) is 9.23. The van der Waals surface area contributed by atoms with Gasteiger partial charge in [0.05, 0.1) is 19.7 Å². The molecule has 0 bridgehead atoms. The lowest BCUT2D eigenvalue weighted by atomic mass is 10.1. The molecule has 0 spiro atoms. The zero-order valence-electron chi connectivity index (χ0n) is 19.4. The predicted molar refractivity (Wildman–Crippen MR) is 131 cm³/mol. The SMILES string of the molecule is CCN1CCN(c2nc3cc(OC)ccc3cc2CNCCc2ccc(OC)cc2)CC1. The second kappa shape index (κ2) is 10.7. The number of hydrogen-bond donors (Lipinski definition) is 1. The highest BCUT2D eigenvalue weighted by atomic mass is 16.5. The molecule has 0 atom stereocenters. The Hall–Kier alpha value is -2.83. The number of hydrogen-bond acceptors (Lipinski definition) is 6. The number of pyridine rings is 1. The molecule has 0 amide bonds. The van der Waals surface area contributed by atoms with Crippen molar-refractivity contribution in [1.29, 1.82) is 0 Å². The molecule has 170 valence electrons. The van der Waals surface area contributed by atoms with E-state index >= 15 is 0 Å². The van der Waals surface area contributed by atoms with Crippen LogP contribution >= 0.6 is 0 Å². The first kappa shape index (κ1) is 22.4. The van der Waals surface area contributed by atoms with E-state index in [1.807, 2.05) is 24.3 Å². The van der Waals surface area contributed by atoms with Crippen molar-refractivity contribution in [1.82, 2.24) is 15.2 Å². The number of rotatable bonds is 9. The summed E-state index contributed by atoms with van der Waals surface area (Å²) < 4.78 is 10.7. The number of methoxy groups -OCH3 is 2. The molecule has 32 heavy (non-hydrogen) atoms. The average Bonchev–Trinajstić information content (AvgIpc) is 2.86. The molecular formula is C26H34N4O2. The molecule has 1 fully saturated rings. The molecule has 2 aromatic carbocycles. The Kier molecular flexibility index (Phi) is 7.45. The molecule has 6 nitrogen and oxygen atoms in total. The first-order chi connectivity index (χ1) is 15.7. The Balaban J connectivity index is 1.49. The van der Waals surface area contributed by atoms with E-state index in [1.165, 1.54) is 11.1 Å². The number of piperazine rings is 1. The lowest BCUT2D eigenvalue weighted by molar-refractivity contribution is 0.270. The van der Waals surface area contributed by atoms with Gasteiger partial charge in [-0.3, -0.25) is 0 Å². The molecule has 0 unspecified atom stereocenters. The molecule has 0 aliphatic carbocycles. The van der Waals surface area contributed by atoms with E-state index in [4.69, 9.17) is 14.5 Å². The highest BCUT2D eigenvalue weighted by Crippen LogP contribution is 2.27. The first-order valence-electron chi connectivity index (χ1n) is 11.5. The van der Waals surface area contributed by atoms with Gasteiger partial charge in [-0.1, -0.05) is 19.1 Å². The van der Waals surface area contributed by atoms with E-state index in [9.17, 15) is 0 Å². The lowest BCUT2D eigenvalue weighted by Gasteiger charge is -2.35. The number of ether oxygens (including phenoxy) is 2. The molecule has 0 saturated carbocycles. The fraction of sp³-hybridized carbons (Fsp3) is 0.423. The van der Waals surface area contributed by atoms with Crippen molar-refractivity contribution in [2.45, 2.75) is 19.9 Å². The second-order valence-corrected chi connectivity index (χ2v) is 8.23. The average molecular weight is 435 g/mol. The van der Waals surface area contributed by atoms with Crippen LogP contribution in [-0.2, 0) is 13.0 Å². The summed E-state index contributed by atoms with van der Waals surface area (Å²) in [6, 6.07) is 16.7. The van der Waals surface area contributed by atoms with Gasteiger partial charge in [0.15, 0.2) is 0 Å². The zero-order chi connectivity index (χ0) is 22.3. The Morgan fingerprint density at radius 3 is 2.31 bits per heavy atom. The van der Waals surface area contributed by atoms with Gasteiger partial charge in [0.2, 0.25) is 0 Å². The molecule has 1 aromatic heterocycles. The van der Waals surface area contributed by atoms with Crippen molar-refractivity contribution >= 4 is 16.7 Å². The van der Waals surface area contributed by atoms with Crippen molar-refractivity contribution in [3.05, 3.63) is 59.7 Å². The van der Waals surface area contributed by atoms with Gasteiger partial charge >= 0.3 is 0 Å². The Bertz CT molecular complexity index is 1010. The maximum atomic E-state index is 5.42. The van der Waals surface area contributed by atoms with Crippen molar-refractivity contribution in [2.75, 3.05) is 58.4 Å². The van der Waals surface area contributed by atoms with E-state index in [2.05, 4.69) is 46.3 Å². The van der Waals surface area contributed by atoms with Crippen LogP contribution in [0, 0.1) is 0 Å². The van der Waals surface area contributed by atoms with Crippen LogP contribution in [0.3, 0.4) is 0 Å². The van der Waals surface area contributed by atoms with E-state index in [-0.39, 0.29) is 0 Å². The molecule has 1 aliphatic heterocycles. The normalized spacial score (nSPS) is 14.7. The number of fused-ring (bicyclic) bond motifs is 1. The molecule has 4 rings (SSSR count). The molecule has 3 aromatic rings. The monoisotopic (exact) mass is 434 g/mol. The molecule has 1 N–H and O–H groups in total. The third kappa shape index (κ3) is 5.31. The highest BCUT2D eigenvalue weighted by Gasteiger charge is 2.20. The quantitative estimate of drug-likeness (QED) is 0.518. The van der Waals surface area contributed by atoms with Crippen LogP contribution in [0.1, 0.15) is 18.1 Å². The summed E-state index contributed by atoms with van der Waals surface area (Å²) in [5.74, 6) is 2.84. The maximum Gasteiger partial charge on any atom is 0.133 e. The predicted octanol–water partition coefficient (Wildman–Crippen LogP) is 3.73. The lowest BCUT2D eigenvalue weighted by Crippen LogP contribution is -2.46. The minimum Gasteiger partial charge on any atom is -0.497 e. The van der Waals surface area contributed by atoms with Gasteiger partial charge in [-0.25, -0.2) is 4.98 Å². The third-order valence-corrected chi connectivity index (χ3v) is 6.26. The first-order valence-corrected chi connectivity index (χ1v) is 11.5. The minimum absolute atomic E-state index is 0.800. The Morgan fingerprint density at radius 2 is 1.62 bits per heavy atom. The number of aromatic nitrogens is 1. The number of nitrogens with zero attached hydrogens (tertiary/aromatic N) is 3. The van der Waals surface area contributed by atoms with Crippen LogP contribution in [0.25, 0.3) is 10.9 Å². The molecule has 6 heteroatoms. The van der Waals surface area contributed by atoms with Gasteiger partial charge in [0, 0.05) is 49.7 Å². The third-order valence-electron chi connectivity index (χ3n) is 6.26. The van der Waals surface area contributed by atoms with Crippen molar-refractivity contribution < 1.29 is 9.47 Å². The summed E-state index contributed by atoms with van der Waals surface area (Å²) >= 11 is 0. The van der Waals surface area contributed by atoms with Gasteiger partial charge in [-0.15, -0.1) is 0 Å². The molecule has 2 heterocycles. The summed E-state index contributed by atoms with van der Waals surface area (Å²) in [7, 11) is 3.40. The van der Waals surface area contributed by atoms with E-state index in [0.29, 0.717) is 0 Å². The van der Waals surface area contributed by atoms with Gasteiger partial charge in [-0.2, -0.15) is 0 Å². The van der Waals surface area contributed by atoms with E-state index in [1.54, 1.807) is 14.2 Å². The highest BCUT2D eigenvalue weighted by molar-refractivity contribution is 5.83. The summed E-state index contributed by atoms with van der Waals surface area (Å²) in [4.78, 5) is 10.0. The summed E-state index contributed by atoms with van der Waals surface area (Å²) in [5.41, 5.74) is 3.54. The van der Waals surface area contributed by atoms with Crippen LogP contribution in [0.5, 0.6) is 11.5 Å². The number of benzene rings is 2. The molecular weight excluding hydrogens is 400 g/mol. The second-order valence-electron chi connectivity index (χ2n) is 8.23. The van der Waals surface area contributed by atoms with E-state index in [0.717, 1.165) is 80.5 Å². The zero-order valence-corrected chi connectivity index (χ0v) is 19.4. The van der Waals surface area contributed by atoms with Crippen LogP contribution in [-0.4, -0.2) is 63.4 Å². The number of nitrogens with one attached hydrogen (secondary N) is 1. The molecule has 0 radical (unpaired) electrons. The smallest absolute Gasteiger partial charge is 0.133 e. The Morgan fingerprint density at radius 1 is 0.906 bits per heavy atom. The van der Waals surface area contributed by atoms with Gasteiger partial charge in [-0.05, 0) is 55.4 Å². The van der Waals surface area contributed by atoms with Crippen LogP contribution < -0.4 is 19.7 Å². The van der Waals surface area contributed by atoms with Crippen molar-refractivity contribution in [2.24, 2.45) is 0 Å². The van der Waals surface area contributed by atoms with Crippen molar-refractivity contribution in [3.8, 4) is 11.5 Å². The fourth-order valence-electron chi connectivity index (χ4n) is 4.24.